The molecule has 2 heterocycles. The van der Waals surface area contributed by atoms with Gasteiger partial charge in [-0.05, 0) is 61.3 Å². The molecule has 2 aliphatic rings. The summed E-state index contributed by atoms with van der Waals surface area (Å²) in [6.45, 7) is 1.31. The highest BCUT2D eigenvalue weighted by Gasteiger charge is 2.43. The Labute approximate surface area is 240 Å². The zero-order chi connectivity index (χ0) is 28.4. The molecule has 1 fully saturated rings. The average molecular weight is 552 g/mol. The van der Waals surface area contributed by atoms with E-state index in [2.05, 4.69) is 51.6 Å². The summed E-state index contributed by atoms with van der Waals surface area (Å²) in [7, 11) is 3.19. The number of carbonyl (C=O) groups is 1. The van der Waals surface area contributed by atoms with Gasteiger partial charge < -0.3 is 25.4 Å². The molecule has 1 atom stereocenters. The highest BCUT2D eigenvalue weighted by molar-refractivity contribution is 5.92. The Hall–Kier alpha value is -4.33. The predicted octanol–water partition coefficient (Wildman–Crippen LogP) is 5.25. The molecule has 8 nitrogen and oxygen atoms in total. The molecule has 1 aliphatic heterocycles. The fraction of sp³-hybridized carbons (Fsp3) is 0.364. The molecule has 1 saturated heterocycles. The number of hydrogen-bond donors (Lipinski definition) is 2. The highest BCUT2D eigenvalue weighted by atomic mass is 16.5. The maximum Gasteiger partial charge on any atom is 0.227 e. The molecule has 3 aromatic carbocycles. The smallest absolute Gasteiger partial charge is 0.227 e. The molecule has 1 aromatic heterocycles. The molecule has 0 radical (unpaired) electrons. The standard InChI is InChI=1S/C33H37N5O3/c1-40-28-19-25-27(20-29(28)41-2)36-32(37-30(25)34)38-17-15-33(16-18-38,21-22-9-4-3-5-10-22)31(39)35-26-14-8-12-23-11-6-7-13-24(23)26/h3-7,9-11,13,19-20,26H,8,12,14-18,21H2,1-2H3,(H,35,39)(H2,34,36,37). The van der Waals surface area contributed by atoms with Crippen molar-refractivity contribution in [3.63, 3.8) is 0 Å². The minimum absolute atomic E-state index is 0.0497. The van der Waals surface area contributed by atoms with E-state index in [-0.39, 0.29) is 11.9 Å². The molecule has 1 aliphatic carbocycles. The lowest BCUT2D eigenvalue weighted by Crippen LogP contribution is -2.51. The van der Waals surface area contributed by atoms with Gasteiger partial charge >= 0.3 is 0 Å². The van der Waals surface area contributed by atoms with Gasteiger partial charge in [0, 0.05) is 24.5 Å². The lowest BCUT2D eigenvalue weighted by atomic mass is 9.72. The van der Waals surface area contributed by atoms with E-state index in [1.165, 1.54) is 16.7 Å². The van der Waals surface area contributed by atoms with Crippen LogP contribution in [0.25, 0.3) is 10.9 Å². The minimum Gasteiger partial charge on any atom is -0.493 e. The monoisotopic (exact) mass is 551 g/mol. The molecule has 1 unspecified atom stereocenters. The Balaban J connectivity index is 1.26. The third-order valence-corrected chi connectivity index (χ3v) is 8.76. The normalized spacial score (nSPS) is 18.0. The molecule has 41 heavy (non-hydrogen) atoms. The molecule has 6 rings (SSSR count). The van der Waals surface area contributed by atoms with E-state index in [1.807, 2.05) is 30.3 Å². The first-order valence-electron chi connectivity index (χ1n) is 14.4. The fourth-order valence-corrected chi connectivity index (χ4v) is 6.43. The molecule has 0 saturated carbocycles. The van der Waals surface area contributed by atoms with Crippen molar-refractivity contribution in [1.29, 1.82) is 0 Å². The number of hydrogen-bond acceptors (Lipinski definition) is 7. The van der Waals surface area contributed by atoms with Crippen LogP contribution < -0.4 is 25.4 Å². The largest absolute Gasteiger partial charge is 0.493 e. The number of nitrogens with zero attached hydrogens (tertiary/aromatic N) is 3. The van der Waals surface area contributed by atoms with Crippen molar-refractivity contribution in [2.24, 2.45) is 5.41 Å². The molecule has 8 heteroatoms. The number of benzene rings is 3. The van der Waals surface area contributed by atoms with Crippen molar-refractivity contribution in [1.82, 2.24) is 15.3 Å². The van der Waals surface area contributed by atoms with E-state index in [4.69, 9.17) is 20.2 Å². The van der Waals surface area contributed by atoms with Crippen LogP contribution in [0.2, 0.25) is 0 Å². The summed E-state index contributed by atoms with van der Waals surface area (Å²) in [6.07, 6.45) is 5.19. The third-order valence-electron chi connectivity index (χ3n) is 8.76. The number of aryl methyl sites for hydroxylation is 1. The van der Waals surface area contributed by atoms with Crippen LogP contribution in [0.5, 0.6) is 11.5 Å². The van der Waals surface area contributed by atoms with E-state index in [0.29, 0.717) is 66.5 Å². The van der Waals surface area contributed by atoms with E-state index in [0.717, 1.165) is 19.3 Å². The van der Waals surface area contributed by atoms with Crippen molar-refractivity contribution in [3.8, 4) is 11.5 Å². The molecule has 4 aromatic rings. The quantitative estimate of drug-likeness (QED) is 0.323. The number of nitrogens with one attached hydrogen (secondary N) is 1. The predicted molar refractivity (Wildman–Crippen MR) is 161 cm³/mol. The molecular formula is C33H37N5O3. The van der Waals surface area contributed by atoms with Crippen LogP contribution in [0.3, 0.4) is 0 Å². The van der Waals surface area contributed by atoms with Crippen molar-refractivity contribution >= 4 is 28.6 Å². The topological polar surface area (TPSA) is 103 Å². The third kappa shape index (κ3) is 5.26. The summed E-state index contributed by atoms with van der Waals surface area (Å²) >= 11 is 0. The van der Waals surface area contributed by atoms with Gasteiger partial charge in [0.05, 0.1) is 31.2 Å². The van der Waals surface area contributed by atoms with Gasteiger partial charge in [0.25, 0.3) is 0 Å². The van der Waals surface area contributed by atoms with Gasteiger partial charge in [-0.2, -0.15) is 4.98 Å². The van der Waals surface area contributed by atoms with Crippen LogP contribution in [-0.4, -0.2) is 43.2 Å². The van der Waals surface area contributed by atoms with Crippen molar-refractivity contribution in [3.05, 3.63) is 83.4 Å². The molecule has 0 bridgehead atoms. The molecule has 1 amide bonds. The van der Waals surface area contributed by atoms with Gasteiger partial charge in [-0.1, -0.05) is 54.6 Å². The first kappa shape index (κ1) is 26.9. The molecule has 0 spiro atoms. The lowest BCUT2D eigenvalue weighted by molar-refractivity contribution is -0.133. The second-order valence-electron chi connectivity index (χ2n) is 11.2. The maximum atomic E-state index is 14.2. The van der Waals surface area contributed by atoms with Crippen LogP contribution in [0.1, 0.15) is 48.4 Å². The highest BCUT2D eigenvalue weighted by Crippen LogP contribution is 2.40. The summed E-state index contributed by atoms with van der Waals surface area (Å²) in [5.74, 6) is 2.26. The first-order chi connectivity index (χ1) is 20.0. The summed E-state index contributed by atoms with van der Waals surface area (Å²) in [5.41, 5.74) is 10.3. The van der Waals surface area contributed by atoms with E-state index < -0.39 is 5.41 Å². The number of piperidine rings is 1. The SMILES string of the molecule is COc1cc2nc(N3CCC(Cc4ccccc4)(C(=O)NC4CCCc5ccccc54)CC3)nc(N)c2cc1OC. The van der Waals surface area contributed by atoms with Crippen molar-refractivity contribution in [2.75, 3.05) is 37.9 Å². The van der Waals surface area contributed by atoms with Crippen LogP contribution in [-0.2, 0) is 17.6 Å². The van der Waals surface area contributed by atoms with Crippen LogP contribution in [0.15, 0.2) is 66.7 Å². The number of rotatable bonds is 7. The lowest BCUT2D eigenvalue weighted by Gasteiger charge is -2.42. The van der Waals surface area contributed by atoms with Crippen LogP contribution >= 0.6 is 0 Å². The van der Waals surface area contributed by atoms with Crippen LogP contribution in [0, 0.1) is 5.41 Å². The number of methoxy groups -OCH3 is 2. The van der Waals surface area contributed by atoms with Crippen LogP contribution in [0.4, 0.5) is 11.8 Å². The molecule has 3 N–H and O–H groups in total. The Morgan fingerprint density at radius 1 is 1.00 bits per heavy atom. The Kier molecular flexibility index (Phi) is 7.39. The zero-order valence-corrected chi connectivity index (χ0v) is 23.7. The van der Waals surface area contributed by atoms with E-state index >= 15 is 0 Å². The number of nitrogen functional groups attached to an aromatic ring is 1. The first-order valence-corrected chi connectivity index (χ1v) is 14.4. The number of carbonyl (C=O) groups excluding carboxylic acids is 1. The number of nitrogens with two attached hydrogens (primary N) is 1. The zero-order valence-electron chi connectivity index (χ0n) is 23.7. The van der Waals surface area contributed by atoms with E-state index in [1.54, 1.807) is 14.2 Å². The molecular weight excluding hydrogens is 514 g/mol. The second kappa shape index (κ2) is 11.3. The van der Waals surface area contributed by atoms with Gasteiger partial charge in [0.2, 0.25) is 11.9 Å². The number of amides is 1. The van der Waals surface area contributed by atoms with Gasteiger partial charge in [-0.25, -0.2) is 4.98 Å². The summed E-state index contributed by atoms with van der Waals surface area (Å²) < 4.78 is 10.9. The molecule has 212 valence electrons. The van der Waals surface area contributed by atoms with Gasteiger partial charge in [0.15, 0.2) is 11.5 Å². The summed E-state index contributed by atoms with van der Waals surface area (Å²) in [4.78, 5) is 25.8. The number of fused-ring (bicyclic) bond motifs is 2. The Bertz CT molecular complexity index is 1550. The van der Waals surface area contributed by atoms with Gasteiger partial charge in [0.1, 0.15) is 5.82 Å². The Morgan fingerprint density at radius 3 is 2.46 bits per heavy atom. The van der Waals surface area contributed by atoms with E-state index in [9.17, 15) is 4.79 Å². The van der Waals surface area contributed by atoms with Gasteiger partial charge in [-0.3, -0.25) is 4.79 Å². The minimum atomic E-state index is -0.525. The summed E-state index contributed by atoms with van der Waals surface area (Å²) in [6, 6.07) is 22.5. The van der Waals surface area contributed by atoms with Crippen molar-refractivity contribution < 1.29 is 14.3 Å². The fourth-order valence-electron chi connectivity index (χ4n) is 6.43. The number of aromatic nitrogens is 2. The number of ether oxygens (including phenoxy) is 2. The Morgan fingerprint density at radius 2 is 1.71 bits per heavy atom. The van der Waals surface area contributed by atoms with Gasteiger partial charge in [-0.15, -0.1) is 0 Å². The maximum absolute atomic E-state index is 14.2. The summed E-state index contributed by atoms with van der Waals surface area (Å²) in [5, 5.41) is 4.20. The number of anilines is 2. The second-order valence-corrected chi connectivity index (χ2v) is 11.2. The average Bonchev–Trinajstić information content (AvgIpc) is 3.01. The van der Waals surface area contributed by atoms with Crippen molar-refractivity contribution in [2.45, 2.75) is 44.6 Å².